The smallest absolute Gasteiger partial charge is 0.345 e. The minimum atomic E-state index is -0.618. The van der Waals surface area contributed by atoms with E-state index in [2.05, 4.69) is 24.8 Å². The van der Waals surface area contributed by atoms with Gasteiger partial charge in [-0.2, -0.15) is 0 Å². The van der Waals surface area contributed by atoms with Gasteiger partial charge in [0.05, 0.1) is 19.3 Å². The summed E-state index contributed by atoms with van der Waals surface area (Å²) in [4.78, 5) is 14.8. The number of fused-ring (bicyclic) bond motifs is 2. The predicted molar refractivity (Wildman–Crippen MR) is 112 cm³/mol. The van der Waals surface area contributed by atoms with Crippen LogP contribution < -0.4 is 0 Å². The fraction of sp³-hybridized carbons (Fsp3) is 0.708. The average molecular weight is 432 g/mol. The number of carbonyl (C=O) groups excluding carboxylic acids is 1. The SMILES string of the molecule is CC[C@@]1(O)CC[C@H]2CC=C3O/C(=C4\OC(=O)C(CO)=C4OC)[C@@H](C)[C@@H]3[C@@H]3CCC[C@@H]1N23. The number of cyclic esters (lactones) is 1. The molecule has 0 aliphatic carbocycles. The molecule has 3 fully saturated rings. The molecule has 5 heterocycles. The van der Waals surface area contributed by atoms with Crippen molar-refractivity contribution in [1.82, 2.24) is 4.90 Å². The first-order valence-corrected chi connectivity index (χ1v) is 11.7. The third-order valence-corrected chi connectivity index (χ3v) is 8.31. The fourth-order valence-corrected chi connectivity index (χ4v) is 6.72. The number of rotatable bonds is 3. The third-order valence-electron chi connectivity index (χ3n) is 8.31. The molecule has 31 heavy (non-hydrogen) atoms. The Morgan fingerprint density at radius 3 is 2.81 bits per heavy atom. The van der Waals surface area contributed by atoms with Gasteiger partial charge in [-0.05, 0) is 44.6 Å². The van der Waals surface area contributed by atoms with Gasteiger partial charge in [0.25, 0.3) is 0 Å². The van der Waals surface area contributed by atoms with Crippen LogP contribution in [0.4, 0.5) is 0 Å². The Hall–Kier alpha value is -1.83. The molecular formula is C24H33NO6. The molecule has 0 aromatic heterocycles. The van der Waals surface area contributed by atoms with Gasteiger partial charge in [0.1, 0.15) is 11.3 Å². The molecule has 3 saturated heterocycles. The van der Waals surface area contributed by atoms with Crippen LogP contribution in [0.1, 0.15) is 58.8 Å². The first-order valence-electron chi connectivity index (χ1n) is 11.7. The first kappa shape index (κ1) is 21.0. The number of hydrogen-bond donors (Lipinski definition) is 2. The number of nitrogens with zero attached hydrogens (tertiary/aromatic N) is 1. The second kappa shape index (κ2) is 7.64. The first-order chi connectivity index (χ1) is 14.9. The molecule has 0 spiro atoms. The maximum Gasteiger partial charge on any atom is 0.345 e. The van der Waals surface area contributed by atoms with E-state index in [9.17, 15) is 15.0 Å². The van der Waals surface area contributed by atoms with Gasteiger partial charge in [0.2, 0.25) is 5.76 Å². The number of aliphatic hydroxyl groups excluding tert-OH is 1. The van der Waals surface area contributed by atoms with Crippen molar-refractivity contribution in [1.29, 1.82) is 0 Å². The van der Waals surface area contributed by atoms with Crippen molar-refractivity contribution in [2.45, 2.75) is 82.5 Å². The van der Waals surface area contributed by atoms with Crippen LogP contribution >= 0.6 is 0 Å². The van der Waals surface area contributed by atoms with Crippen LogP contribution in [0.3, 0.4) is 0 Å². The molecule has 5 aliphatic heterocycles. The summed E-state index contributed by atoms with van der Waals surface area (Å²) in [5.74, 6) is 1.67. The number of allylic oxidation sites excluding steroid dienone is 1. The van der Waals surface area contributed by atoms with E-state index in [1.807, 2.05) is 0 Å². The van der Waals surface area contributed by atoms with Crippen molar-refractivity contribution in [3.63, 3.8) is 0 Å². The molecule has 7 nitrogen and oxygen atoms in total. The van der Waals surface area contributed by atoms with E-state index in [4.69, 9.17) is 14.2 Å². The van der Waals surface area contributed by atoms with Gasteiger partial charge in [-0.25, -0.2) is 4.79 Å². The summed E-state index contributed by atoms with van der Waals surface area (Å²) in [5.41, 5.74) is -0.490. The van der Waals surface area contributed by atoms with Crippen LogP contribution in [0, 0.1) is 11.8 Å². The number of carbonyl (C=O) groups is 1. The zero-order chi connectivity index (χ0) is 21.9. The van der Waals surface area contributed by atoms with E-state index in [1.54, 1.807) is 0 Å². The minimum Gasteiger partial charge on any atom is -0.492 e. The fourth-order valence-electron chi connectivity index (χ4n) is 6.72. The van der Waals surface area contributed by atoms with Crippen LogP contribution in [-0.4, -0.2) is 58.5 Å². The Morgan fingerprint density at radius 2 is 2.10 bits per heavy atom. The maximum atomic E-state index is 12.2. The molecule has 2 N–H and O–H groups in total. The van der Waals surface area contributed by atoms with E-state index in [1.165, 1.54) is 7.11 Å². The summed E-state index contributed by atoms with van der Waals surface area (Å²) < 4.78 is 17.3. The average Bonchev–Trinajstić information content (AvgIpc) is 3.22. The van der Waals surface area contributed by atoms with Crippen molar-refractivity contribution in [3.05, 3.63) is 34.7 Å². The Balaban J connectivity index is 1.54. The zero-order valence-electron chi connectivity index (χ0n) is 18.6. The number of esters is 1. The van der Waals surface area contributed by atoms with Crippen LogP contribution in [0.5, 0.6) is 0 Å². The second-order valence-electron chi connectivity index (χ2n) is 9.62. The molecule has 0 amide bonds. The highest BCUT2D eigenvalue weighted by Gasteiger charge is 2.55. The molecule has 7 heteroatoms. The molecule has 0 radical (unpaired) electrons. The number of hydrogen-bond acceptors (Lipinski definition) is 7. The summed E-state index contributed by atoms with van der Waals surface area (Å²) in [5, 5.41) is 21.0. The summed E-state index contributed by atoms with van der Waals surface area (Å²) in [6.07, 6.45) is 8.97. The standard InChI is InChI=1S/C24H33NO6/c1-4-24(28)11-10-14-8-9-17-19(16-6-5-7-18(24)25(14)16)13(2)20(30-17)22-21(29-3)15(12-26)23(27)31-22/h9,13-14,16,18-19,26,28H,4-8,10-12H2,1-3H3/b22-20-/t13-,14+,16-,18-,19+,24+/m0/s1. The number of ether oxygens (including phenoxy) is 3. The van der Waals surface area contributed by atoms with Crippen LogP contribution in [-0.2, 0) is 19.0 Å². The Bertz CT molecular complexity index is 875. The molecule has 0 unspecified atom stereocenters. The van der Waals surface area contributed by atoms with Crippen LogP contribution in [0.2, 0.25) is 0 Å². The van der Waals surface area contributed by atoms with Gasteiger partial charge < -0.3 is 24.4 Å². The maximum absolute atomic E-state index is 12.2. The summed E-state index contributed by atoms with van der Waals surface area (Å²) in [6, 6.07) is 0.909. The molecule has 0 aromatic rings. The molecule has 170 valence electrons. The topological polar surface area (TPSA) is 88.5 Å². The molecule has 5 aliphatic rings. The Morgan fingerprint density at radius 1 is 1.29 bits per heavy atom. The third kappa shape index (κ3) is 3.00. The van der Waals surface area contributed by atoms with Crippen LogP contribution in [0.15, 0.2) is 34.7 Å². The van der Waals surface area contributed by atoms with E-state index in [0.717, 1.165) is 50.7 Å². The second-order valence-corrected chi connectivity index (χ2v) is 9.62. The lowest BCUT2D eigenvalue weighted by Crippen LogP contribution is -2.65. The number of methoxy groups -OCH3 is 1. The summed E-state index contributed by atoms with van der Waals surface area (Å²) in [6.45, 7) is 3.78. The van der Waals surface area contributed by atoms with Gasteiger partial charge >= 0.3 is 5.97 Å². The van der Waals surface area contributed by atoms with Crippen molar-refractivity contribution >= 4 is 5.97 Å². The van der Waals surface area contributed by atoms with Gasteiger partial charge in [-0.15, -0.1) is 0 Å². The van der Waals surface area contributed by atoms with Gasteiger partial charge in [-0.3, -0.25) is 4.90 Å². The van der Waals surface area contributed by atoms with E-state index >= 15 is 0 Å². The van der Waals surface area contributed by atoms with Crippen molar-refractivity contribution in [3.8, 4) is 0 Å². The van der Waals surface area contributed by atoms with E-state index in [-0.39, 0.29) is 35.3 Å². The lowest BCUT2D eigenvalue weighted by Gasteiger charge is -2.56. The molecule has 6 atom stereocenters. The van der Waals surface area contributed by atoms with Gasteiger partial charge in [0, 0.05) is 30.0 Å². The van der Waals surface area contributed by atoms with Crippen molar-refractivity contribution in [2.24, 2.45) is 11.8 Å². The van der Waals surface area contributed by atoms with E-state index in [0.29, 0.717) is 17.6 Å². The van der Waals surface area contributed by atoms with Crippen LogP contribution in [0.25, 0.3) is 0 Å². The lowest BCUT2D eigenvalue weighted by molar-refractivity contribution is -0.140. The highest BCUT2D eigenvalue weighted by Crippen LogP contribution is 2.53. The molecule has 0 saturated carbocycles. The number of aliphatic hydroxyl groups is 2. The normalized spacial score (nSPS) is 42.4. The van der Waals surface area contributed by atoms with Crippen molar-refractivity contribution < 1.29 is 29.2 Å². The Kier molecular flexibility index (Phi) is 5.19. The summed E-state index contributed by atoms with van der Waals surface area (Å²) >= 11 is 0. The minimum absolute atomic E-state index is 0.00334. The van der Waals surface area contributed by atoms with E-state index < -0.39 is 18.2 Å². The summed E-state index contributed by atoms with van der Waals surface area (Å²) in [7, 11) is 1.47. The largest absolute Gasteiger partial charge is 0.492 e. The van der Waals surface area contributed by atoms with Crippen molar-refractivity contribution in [2.75, 3.05) is 13.7 Å². The van der Waals surface area contributed by atoms with Gasteiger partial charge in [-0.1, -0.05) is 20.3 Å². The lowest BCUT2D eigenvalue weighted by atomic mass is 9.71. The molecular weight excluding hydrogens is 398 g/mol. The quantitative estimate of drug-likeness (QED) is 0.664. The predicted octanol–water partition coefficient (Wildman–Crippen LogP) is 2.74. The molecule has 0 bridgehead atoms. The highest BCUT2D eigenvalue weighted by atomic mass is 16.6. The van der Waals surface area contributed by atoms with Gasteiger partial charge in [0.15, 0.2) is 11.5 Å². The highest BCUT2D eigenvalue weighted by molar-refractivity contribution is 5.94. The monoisotopic (exact) mass is 431 g/mol. The zero-order valence-corrected chi connectivity index (χ0v) is 18.6. The molecule has 5 rings (SSSR count). The molecule has 0 aromatic carbocycles. The Labute approximate surface area is 183 Å². The number of piperidine rings is 2.